The smallest absolute Gasteiger partial charge is 0.0615 e. The summed E-state index contributed by atoms with van der Waals surface area (Å²) in [6.07, 6.45) is 3.77. The van der Waals surface area contributed by atoms with Gasteiger partial charge in [-0.15, -0.1) is 0 Å². The minimum absolute atomic E-state index is 0.540. The SMILES string of the molecule is CCCC1CNC(CC)CN1C(C)COC. The van der Waals surface area contributed by atoms with Crippen LogP contribution in [0.3, 0.4) is 0 Å². The summed E-state index contributed by atoms with van der Waals surface area (Å²) in [6.45, 7) is 9.97. The van der Waals surface area contributed by atoms with Gasteiger partial charge in [0.2, 0.25) is 0 Å². The fourth-order valence-corrected chi connectivity index (χ4v) is 2.64. The van der Waals surface area contributed by atoms with Gasteiger partial charge < -0.3 is 10.1 Å². The molecule has 0 radical (unpaired) electrons. The molecule has 1 aliphatic heterocycles. The average Bonchev–Trinajstić information content (AvgIpc) is 2.30. The van der Waals surface area contributed by atoms with E-state index in [0.717, 1.165) is 13.2 Å². The van der Waals surface area contributed by atoms with Crippen LogP contribution in [0, 0.1) is 0 Å². The molecule has 1 rings (SSSR count). The van der Waals surface area contributed by atoms with Crippen molar-refractivity contribution in [3.8, 4) is 0 Å². The van der Waals surface area contributed by atoms with E-state index in [4.69, 9.17) is 4.74 Å². The normalized spacial score (nSPS) is 29.2. The number of hydrogen-bond donors (Lipinski definition) is 1. The minimum Gasteiger partial charge on any atom is -0.383 e. The minimum atomic E-state index is 0.540. The Balaban J connectivity index is 2.55. The molecule has 1 saturated heterocycles. The number of methoxy groups -OCH3 is 1. The van der Waals surface area contributed by atoms with E-state index in [1.54, 1.807) is 7.11 Å². The number of nitrogens with zero attached hydrogens (tertiary/aromatic N) is 1. The van der Waals surface area contributed by atoms with Crippen LogP contribution < -0.4 is 5.32 Å². The second kappa shape index (κ2) is 7.25. The highest BCUT2D eigenvalue weighted by Gasteiger charge is 2.29. The van der Waals surface area contributed by atoms with Crippen molar-refractivity contribution in [3.63, 3.8) is 0 Å². The van der Waals surface area contributed by atoms with Gasteiger partial charge in [0.1, 0.15) is 0 Å². The first-order chi connectivity index (χ1) is 7.72. The van der Waals surface area contributed by atoms with Crippen molar-refractivity contribution in [1.82, 2.24) is 10.2 Å². The fourth-order valence-electron chi connectivity index (χ4n) is 2.64. The van der Waals surface area contributed by atoms with E-state index in [1.165, 1.54) is 25.8 Å². The van der Waals surface area contributed by atoms with E-state index in [0.29, 0.717) is 18.1 Å². The van der Waals surface area contributed by atoms with Crippen molar-refractivity contribution in [2.24, 2.45) is 0 Å². The van der Waals surface area contributed by atoms with Crippen LogP contribution in [0.4, 0.5) is 0 Å². The molecule has 0 spiro atoms. The third-order valence-electron chi connectivity index (χ3n) is 3.63. The molecule has 3 heteroatoms. The Morgan fingerprint density at radius 3 is 2.75 bits per heavy atom. The van der Waals surface area contributed by atoms with E-state index >= 15 is 0 Å². The van der Waals surface area contributed by atoms with Crippen molar-refractivity contribution >= 4 is 0 Å². The molecule has 96 valence electrons. The second-order valence-electron chi connectivity index (χ2n) is 4.96. The molecule has 0 bridgehead atoms. The fraction of sp³-hybridized carbons (Fsp3) is 1.00. The summed E-state index contributed by atoms with van der Waals surface area (Å²) in [6, 6.07) is 1.89. The van der Waals surface area contributed by atoms with Gasteiger partial charge in [-0.2, -0.15) is 0 Å². The molecule has 0 aromatic rings. The summed E-state index contributed by atoms with van der Waals surface area (Å²) >= 11 is 0. The van der Waals surface area contributed by atoms with Gasteiger partial charge in [-0.1, -0.05) is 20.3 Å². The number of rotatable bonds is 6. The molecule has 1 heterocycles. The molecule has 0 saturated carbocycles. The van der Waals surface area contributed by atoms with Gasteiger partial charge in [0.05, 0.1) is 6.61 Å². The summed E-state index contributed by atoms with van der Waals surface area (Å²) < 4.78 is 5.29. The zero-order chi connectivity index (χ0) is 12.0. The van der Waals surface area contributed by atoms with E-state index in [1.807, 2.05) is 0 Å². The van der Waals surface area contributed by atoms with E-state index in [-0.39, 0.29) is 0 Å². The molecule has 16 heavy (non-hydrogen) atoms. The first kappa shape index (κ1) is 13.9. The summed E-state index contributed by atoms with van der Waals surface area (Å²) in [5.41, 5.74) is 0. The predicted molar refractivity (Wildman–Crippen MR) is 68.8 cm³/mol. The lowest BCUT2D eigenvalue weighted by Crippen LogP contribution is -2.59. The first-order valence-corrected chi connectivity index (χ1v) is 6.70. The third-order valence-corrected chi connectivity index (χ3v) is 3.63. The van der Waals surface area contributed by atoms with Gasteiger partial charge in [0.15, 0.2) is 0 Å². The molecule has 0 aromatic carbocycles. The summed E-state index contributed by atoms with van der Waals surface area (Å²) in [7, 11) is 1.80. The topological polar surface area (TPSA) is 24.5 Å². The molecular formula is C13H28N2O. The summed E-state index contributed by atoms with van der Waals surface area (Å²) in [5.74, 6) is 0. The highest BCUT2D eigenvalue weighted by molar-refractivity contribution is 4.88. The van der Waals surface area contributed by atoms with Crippen molar-refractivity contribution in [2.45, 2.75) is 58.2 Å². The van der Waals surface area contributed by atoms with Crippen LogP contribution in [0.5, 0.6) is 0 Å². The summed E-state index contributed by atoms with van der Waals surface area (Å²) in [5, 5.41) is 3.65. The van der Waals surface area contributed by atoms with Crippen LogP contribution in [0.25, 0.3) is 0 Å². The van der Waals surface area contributed by atoms with Crippen LogP contribution in [0.1, 0.15) is 40.0 Å². The van der Waals surface area contributed by atoms with Crippen molar-refractivity contribution in [2.75, 3.05) is 26.8 Å². The maximum Gasteiger partial charge on any atom is 0.0615 e. The van der Waals surface area contributed by atoms with Gasteiger partial charge in [-0.25, -0.2) is 0 Å². The lowest BCUT2D eigenvalue weighted by Gasteiger charge is -2.43. The van der Waals surface area contributed by atoms with Crippen molar-refractivity contribution < 1.29 is 4.74 Å². The molecule has 1 fully saturated rings. The van der Waals surface area contributed by atoms with Crippen LogP contribution in [-0.4, -0.2) is 49.8 Å². The Morgan fingerprint density at radius 1 is 1.44 bits per heavy atom. The zero-order valence-corrected chi connectivity index (χ0v) is 11.3. The quantitative estimate of drug-likeness (QED) is 0.751. The van der Waals surface area contributed by atoms with Crippen LogP contribution >= 0.6 is 0 Å². The van der Waals surface area contributed by atoms with Gasteiger partial charge in [0, 0.05) is 38.3 Å². The van der Waals surface area contributed by atoms with Gasteiger partial charge >= 0.3 is 0 Å². The molecule has 3 atom stereocenters. The van der Waals surface area contributed by atoms with E-state index < -0.39 is 0 Å². The molecule has 0 aliphatic carbocycles. The third kappa shape index (κ3) is 3.72. The Morgan fingerprint density at radius 2 is 2.19 bits per heavy atom. The average molecular weight is 228 g/mol. The standard InChI is InChI=1S/C13H28N2O/c1-5-7-13-8-14-12(6-2)9-15(13)11(3)10-16-4/h11-14H,5-10H2,1-4H3. The monoisotopic (exact) mass is 228 g/mol. The Labute approximate surface area is 101 Å². The number of piperazine rings is 1. The van der Waals surface area contributed by atoms with Crippen molar-refractivity contribution in [1.29, 1.82) is 0 Å². The molecular weight excluding hydrogens is 200 g/mol. The predicted octanol–water partition coefficient (Wildman–Crippen LogP) is 1.87. The first-order valence-electron chi connectivity index (χ1n) is 6.70. The number of hydrogen-bond acceptors (Lipinski definition) is 3. The lowest BCUT2D eigenvalue weighted by atomic mass is 10.0. The highest BCUT2D eigenvalue weighted by atomic mass is 16.5. The lowest BCUT2D eigenvalue weighted by molar-refractivity contribution is 0.0374. The Hall–Kier alpha value is -0.120. The van der Waals surface area contributed by atoms with E-state index in [2.05, 4.69) is 31.0 Å². The van der Waals surface area contributed by atoms with E-state index in [9.17, 15) is 0 Å². The second-order valence-corrected chi connectivity index (χ2v) is 4.96. The number of nitrogens with one attached hydrogen (secondary N) is 1. The molecule has 3 nitrogen and oxygen atoms in total. The summed E-state index contributed by atoms with van der Waals surface area (Å²) in [4.78, 5) is 2.64. The highest BCUT2D eigenvalue weighted by Crippen LogP contribution is 2.17. The van der Waals surface area contributed by atoms with Crippen LogP contribution in [-0.2, 0) is 4.74 Å². The Bertz CT molecular complexity index is 187. The molecule has 0 amide bonds. The van der Waals surface area contributed by atoms with Crippen LogP contribution in [0.2, 0.25) is 0 Å². The molecule has 3 unspecified atom stereocenters. The number of ether oxygens (including phenoxy) is 1. The zero-order valence-electron chi connectivity index (χ0n) is 11.3. The maximum atomic E-state index is 5.29. The van der Waals surface area contributed by atoms with Gasteiger partial charge in [0.25, 0.3) is 0 Å². The maximum absolute atomic E-state index is 5.29. The molecule has 1 aliphatic rings. The largest absolute Gasteiger partial charge is 0.383 e. The van der Waals surface area contributed by atoms with Crippen LogP contribution in [0.15, 0.2) is 0 Å². The Kier molecular flexibility index (Phi) is 6.32. The molecule has 0 aromatic heterocycles. The van der Waals surface area contributed by atoms with Crippen molar-refractivity contribution in [3.05, 3.63) is 0 Å². The van der Waals surface area contributed by atoms with Gasteiger partial charge in [-0.3, -0.25) is 4.90 Å². The van der Waals surface area contributed by atoms with Gasteiger partial charge in [-0.05, 0) is 19.8 Å². The molecule has 1 N–H and O–H groups in total.